The van der Waals surface area contributed by atoms with Crippen molar-refractivity contribution < 1.29 is 0 Å². The highest BCUT2D eigenvalue weighted by atomic mass is 15.1. The van der Waals surface area contributed by atoms with E-state index in [1.165, 1.54) is 32.2 Å². The summed E-state index contributed by atoms with van der Waals surface area (Å²) in [4.78, 5) is 2.55. The molecule has 2 heteroatoms. The van der Waals surface area contributed by atoms with Crippen molar-refractivity contribution in [2.45, 2.75) is 51.6 Å². The fourth-order valence-corrected chi connectivity index (χ4v) is 2.53. The van der Waals surface area contributed by atoms with Gasteiger partial charge in [0, 0.05) is 18.6 Å². The Hall–Kier alpha value is -0.0800. The average Bonchev–Trinajstić information content (AvgIpc) is 2.17. The summed E-state index contributed by atoms with van der Waals surface area (Å²) in [5, 5.41) is 3.39. The molecule has 0 aromatic heterocycles. The molecule has 0 atom stereocenters. The van der Waals surface area contributed by atoms with E-state index in [9.17, 15) is 0 Å². The van der Waals surface area contributed by atoms with Crippen molar-refractivity contribution in [1.82, 2.24) is 10.2 Å². The monoisotopic (exact) mass is 198 g/mol. The lowest BCUT2D eigenvalue weighted by atomic mass is 9.90. The van der Waals surface area contributed by atoms with Crippen LogP contribution in [0.2, 0.25) is 0 Å². The first kappa shape index (κ1) is 12.0. The van der Waals surface area contributed by atoms with Crippen LogP contribution in [0, 0.1) is 5.92 Å². The maximum atomic E-state index is 3.39. The minimum atomic E-state index is 0.777. The first-order valence-electron chi connectivity index (χ1n) is 6.01. The van der Waals surface area contributed by atoms with Crippen LogP contribution in [0.4, 0.5) is 0 Å². The van der Waals surface area contributed by atoms with Crippen molar-refractivity contribution >= 4 is 0 Å². The number of hydrogen-bond acceptors (Lipinski definition) is 2. The second-order valence-electron chi connectivity index (χ2n) is 5.13. The lowest BCUT2D eigenvalue weighted by Gasteiger charge is -2.35. The average molecular weight is 198 g/mol. The van der Waals surface area contributed by atoms with Gasteiger partial charge in [0.1, 0.15) is 0 Å². The third-order valence-electron chi connectivity index (χ3n) is 3.38. The molecule has 0 radical (unpaired) electrons. The molecule has 1 aliphatic rings. The summed E-state index contributed by atoms with van der Waals surface area (Å²) in [5.74, 6) is 0.794. The fraction of sp³-hybridized carbons (Fsp3) is 1.00. The van der Waals surface area contributed by atoms with E-state index in [-0.39, 0.29) is 0 Å². The van der Waals surface area contributed by atoms with Crippen LogP contribution in [0.15, 0.2) is 0 Å². The predicted molar refractivity (Wildman–Crippen MR) is 62.6 cm³/mol. The molecule has 0 bridgehead atoms. The molecule has 1 fully saturated rings. The van der Waals surface area contributed by atoms with E-state index < -0.39 is 0 Å². The Morgan fingerprint density at radius 2 is 1.79 bits per heavy atom. The Morgan fingerprint density at radius 3 is 2.21 bits per heavy atom. The van der Waals surface area contributed by atoms with Gasteiger partial charge in [0.05, 0.1) is 0 Å². The van der Waals surface area contributed by atoms with Crippen molar-refractivity contribution in [2.75, 3.05) is 20.6 Å². The summed E-state index contributed by atoms with van der Waals surface area (Å²) < 4.78 is 0. The standard InChI is InChI=1S/C12H26N2/c1-10(2)9-14(4)12-7-5-11(13-3)6-8-12/h10-13H,5-9H2,1-4H3/t11-,12+. The van der Waals surface area contributed by atoms with Crippen molar-refractivity contribution in [3.8, 4) is 0 Å². The van der Waals surface area contributed by atoms with Gasteiger partial charge in [0.15, 0.2) is 0 Å². The summed E-state index contributed by atoms with van der Waals surface area (Å²) in [6, 6.07) is 1.61. The zero-order valence-electron chi connectivity index (χ0n) is 10.2. The van der Waals surface area contributed by atoms with Crippen LogP contribution >= 0.6 is 0 Å². The molecular formula is C12H26N2. The zero-order chi connectivity index (χ0) is 10.6. The molecule has 0 spiro atoms. The smallest absolute Gasteiger partial charge is 0.00934 e. The molecule has 2 nitrogen and oxygen atoms in total. The van der Waals surface area contributed by atoms with E-state index in [1.54, 1.807) is 0 Å². The van der Waals surface area contributed by atoms with Crippen LogP contribution in [0.1, 0.15) is 39.5 Å². The second kappa shape index (κ2) is 5.72. The summed E-state index contributed by atoms with van der Waals surface area (Å²) in [6.07, 6.45) is 5.44. The van der Waals surface area contributed by atoms with E-state index in [0.29, 0.717) is 0 Å². The molecule has 0 unspecified atom stereocenters. The fourth-order valence-electron chi connectivity index (χ4n) is 2.53. The van der Waals surface area contributed by atoms with Gasteiger partial charge in [0.2, 0.25) is 0 Å². The van der Waals surface area contributed by atoms with Gasteiger partial charge in [-0.1, -0.05) is 13.8 Å². The molecule has 1 aliphatic carbocycles. The van der Waals surface area contributed by atoms with Crippen LogP contribution in [0.5, 0.6) is 0 Å². The van der Waals surface area contributed by atoms with Crippen molar-refractivity contribution in [3.63, 3.8) is 0 Å². The Labute approximate surface area is 89.1 Å². The summed E-state index contributed by atoms with van der Waals surface area (Å²) in [5.41, 5.74) is 0. The molecule has 14 heavy (non-hydrogen) atoms. The molecule has 1 rings (SSSR count). The third kappa shape index (κ3) is 3.58. The van der Waals surface area contributed by atoms with Gasteiger partial charge in [-0.3, -0.25) is 0 Å². The summed E-state index contributed by atoms with van der Waals surface area (Å²) >= 11 is 0. The maximum Gasteiger partial charge on any atom is 0.00934 e. The highest BCUT2D eigenvalue weighted by molar-refractivity contribution is 4.81. The summed E-state index contributed by atoms with van der Waals surface area (Å²) in [6.45, 7) is 5.85. The first-order chi connectivity index (χ1) is 6.63. The van der Waals surface area contributed by atoms with Crippen LogP contribution in [-0.4, -0.2) is 37.6 Å². The van der Waals surface area contributed by atoms with Crippen molar-refractivity contribution in [1.29, 1.82) is 0 Å². The lowest BCUT2D eigenvalue weighted by Crippen LogP contribution is -2.41. The SMILES string of the molecule is CN[C@H]1CC[C@@H](N(C)CC(C)C)CC1. The van der Waals surface area contributed by atoms with E-state index in [0.717, 1.165) is 18.0 Å². The number of rotatable bonds is 4. The Kier molecular flexibility index (Phi) is 4.90. The van der Waals surface area contributed by atoms with Crippen LogP contribution in [-0.2, 0) is 0 Å². The van der Waals surface area contributed by atoms with Crippen molar-refractivity contribution in [2.24, 2.45) is 5.92 Å². The van der Waals surface area contributed by atoms with Gasteiger partial charge < -0.3 is 10.2 Å². The molecule has 84 valence electrons. The van der Waals surface area contributed by atoms with Gasteiger partial charge in [0.25, 0.3) is 0 Å². The van der Waals surface area contributed by atoms with Gasteiger partial charge in [-0.2, -0.15) is 0 Å². The highest BCUT2D eigenvalue weighted by Gasteiger charge is 2.22. The quantitative estimate of drug-likeness (QED) is 0.744. The van der Waals surface area contributed by atoms with Crippen LogP contribution in [0.3, 0.4) is 0 Å². The Morgan fingerprint density at radius 1 is 1.21 bits per heavy atom. The molecule has 0 saturated heterocycles. The largest absolute Gasteiger partial charge is 0.317 e. The molecule has 0 aromatic carbocycles. The highest BCUT2D eigenvalue weighted by Crippen LogP contribution is 2.22. The van der Waals surface area contributed by atoms with E-state index in [2.05, 4.69) is 38.2 Å². The Bertz CT molecular complexity index is 148. The zero-order valence-corrected chi connectivity index (χ0v) is 10.2. The minimum Gasteiger partial charge on any atom is -0.317 e. The van der Waals surface area contributed by atoms with Gasteiger partial charge in [-0.05, 0) is 45.7 Å². The van der Waals surface area contributed by atoms with Crippen LogP contribution in [0.25, 0.3) is 0 Å². The van der Waals surface area contributed by atoms with E-state index >= 15 is 0 Å². The molecule has 1 N–H and O–H groups in total. The molecule has 0 amide bonds. The van der Waals surface area contributed by atoms with E-state index in [1.807, 2.05) is 0 Å². The molecule has 0 heterocycles. The van der Waals surface area contributed by atoms with Gasteiger partial charge >= 0.3 is 0 Å². The van der Waals surface area contributed by atoms with Gasteiger partial charge in [-0.15, -0.1) is 0 Å². The molecular weight excluding hydrogens is 172 g/mol. The first-order valence-corrected chi connectivity index (χ1v) is 6.01. The summed E-state index contributed by atoms with van der Waals surface area (Å²) in [7, 11) is 4.37. The minimum absolute atomic E-state index is 0.777. The number of hydrogen-bond donors (Lipinski definition) is 1. The number of nitrogens with zero attached hydrogens (tertiary/aromatic N) is 1. The number of nitrogens with one attached hydrogen (secondary N) is 1. The van der Waals surface area contributed by atoms with Crippen molar-refractivity contribution in [3.05, 3.63) is 0 Å². The normalized spacial score (nSPS) is 28.7. The molecule has 0 aromatic rings. The van der Waals surface area contributed by atoms with Crippen LogP contribution < -0.4 is 5.32 Å². The maximum absolute atomic E-state index is 3.39. The predicted octanol–water partition coefficient (Wildman–Crippen LogP) is 2.10. The molecule has 1 saturated carbocycles. The molecule has 0 aliphatic heterocycles. The Balaban J connectivity index is 2.26. The third-order valence-corrected chi connectivity index (χ3v) is 3.38. The van der Waals surface area contributed by atoms with Gasteiger partial charge in [-0.25, -0.2) is 0 Å². The topological polar surface area (TPSA) is 15.3 Å². The van der Waals surface area contributed by atoms with E-state index in [4.69, 9.17) is 0 Å². The lowest BCUT2D eigenvalue weighted by molar-refractivity contribution is 0.161. The second-order valence-corrected chi connectivity index (χ2v) is 5.13.